The molecule has 1 rings (SSSR count). The van der Waals surface area contributed by atoms with Gasteiger partial charge in [-0.05, 0) is 24.6 Å². The highest BCUT2D eigenvalue weighted by Crippen LogP contribution is 2.12. The van der Waals surface area contributed by atoms with Crippen molar-refractivity contribution in [2.75, 3.05) is 6.54 Å². The van der Waals surface area contributed by atoms with Crippen LogP contribution in [0.25, 0.3) is 0 Å². The maximum absolute atomic E-state index is 5.31. The summed E-state index contributed by atoms with van der Waals surface area (Å²) in [6, 6.07) is 10.2. The standard InChI is InChI=1S/C15H18N2/c1-3-5-6-7-11-16-13-17-15-10-8-9-14(4-2)12-15/h2,8-10,12H,3,5-7,11H2,1H3/i16+1. The van der Waals surface area contributed by atoms with Gasteiger partial charge in [0, 0.05) is 12.1 Å². The van der Waals surface area contributed by atoms with Crippen LogP contribution in [0.15, 0.2) is 34.3 Å². The molecule has 0 heterocycles. The summed E-state index contributed by atoms with van der Waals surface area (Å²) in [5.41, 5.74) is 1.63. The molecular weight excluding hydrogens is 209 g/mol. The molecule has 0 aliphatic rings. The maximum Gasteiger partial charge on any atom is 0.0948 e. The van der Waals surface area contributed by atoms with E-state index in [2.05, 4.69) is 28.8 Å². The lowest BCUT2D eigenvalue weighted by atomic mass is 10.2. The fourth-order valence-electron chi connectivity index (χ4n) is 1.43. The Labute approximate surface area is 104 Å². The third-order valence-corrected chi connectivity index (χ3v) is 2.39. The quantitative estimate of drug-likeness (QED) is 0.303. The van der Waals surface area contributed by atoms with Crippen molar-refractivity contribution in [3.63, 3.8) is 0 Å². The third kappa shape index (κ3) is 5.70. The summed E-state index contributed by atoms with van der Waals surface area (Å²) in [5, 5.41) is 0. The molecule has 0 spiro atoms. The normalized spacial score (nSPS) is 9.18. The molecule has 0 aliphatic carbocycles. The van der Waals surface area contributed by atoms with Crippen LogP contribution < -0.4 is 0 Å². The molecule has 1 aromatic rings. The van der Waals surface area contributed by atoms with E-state index in [9.17, 15) is 0 Å². The number of aliphatic imine (C=N–C) groups is 2. The summed E-state index contributed by atoms with van der Waals surface area (Å²) < 4.78 is 0. The first kappa shape index (κ1) is 13.2. The number of terminal acetylenes is 1. The number of benzene rings is 1. The van der Waals surface area contributed by atoms with Crippen LogP contribution in [0.4, 0.5) is 5.69 Å². The Balaban J connectivity index is 2.41. The summed E-state index contributed by atoms with van der Waals surface area (Å²) in [4.78, 5) is 8.25. The van der Waals surface area contributed by atoms with Crippen LogP contribution in [0.2, 0.25) is 0 Å². The smallest absolute Gasteiger partial charge is 0.0948 e. The average Bonchev–Trinajstić information content (AvgIpc) is 2.38. The van der Waals surface area contributed by atoms with Crippen molar-refractivity contribution in [2.24, 2.45) is 9.98 Å². The minimum Gasteiger partial charge on any atom is -0.225 e. The minimum atomic E-state index is 0.803. The van der Waals surface area contributed by atoms with Crippen molar-refractivity contribution >= 4 is 11.7 Å². The fraction of sp³-hybridized carbons (Fsp3) is 0.400. The number of hydrogen-bond donors (Lipinski definition) is 0. The number of nitrogens with zero attached hydrogens (tertiary/aromatic N) is 2. The highest BCUT2D eigenvalue weighted by atomic mass is 15.5. The van der Waals surface area contributed by atoms with E-state index in [0.29, 0.717) is 0 Å². The summed E-state index contributed by atoms with van der Waals surface area (Å²) in [7, 11) is 0. The highest BCUT2D eigenvalue weighted by molar-refractivity contribution is 5.54. The predicted octanol–water partition coefficient (Wildman–Crippen LogP) is 4.05. The second-order valence-electron chi connectivity index (χ2n) is 3.85. The van der Waals surface area contributed by atoms with Gasteiger partial charge in [-0.15, -0.1) is 6.42 Å². The van der Waals surface area contributed by atoms with Gasteiger partial charge in [0.05, 0.1) is 11.7 Å². The van der Waals surface area contributed by atoms with E-state index in [1.807, 2.05) is 24.3 Å². The zero-order chi connectivity index (χ0) is 12.3. The van der Waals surface area contributed by atoms with Gasteiger partial charge in [0.15, 0.2) is 0 Å². The minimum absolute atomic E-state index is 0.803. The van der Waals surface area contributed by atoms with Crippen LogP contribution >= 0.6 is 0 Å². The van der Waals surface area contributed by atoms with Crippen LogP contribution in [0.1, 0.15) is 38.2 Å². The van der Waals surface area contributed by atoms with Crippen molar-refractivity contribution < 1.29 is 0 Å². The fourth-order valence-corrected chi connectivity index (χ4v) is 1.43. The molecule has 0 N–H and O–H groups in total. The molecule has 0 radical (unpaired) electrons. The van der Waals surface area contributed by atoms with Crippen molar-refractivity contribution in [3.05, 3.63) is 29.8 Å². The van der Waals surface area contributed by atoms with Crippen LogP contribution in [-0.4, -0.2) is 12.6 Å². The SMILES string of the molecule is C#Cc1cccc(N=C=[15N]CCCCCC)c1. The van der Waals surface area contributed by atoms with Crippen LogP contribution in [-0.2, 0) is 0 Å². The van der Waals surface area contributed by atoms with Crippen LogP contribution in [0.5, 0.6) is 0 Å². The third-order valence-electron chi connectivity index (χ3n) is 2.39. The monoisotopic (exact) mass is 227 g/mol. The van der Waals surface area contributed by atoms with E-state index in [4.69, 9.17) is 6.42 Å². The van der Waals surface area contributed by atoms with Gasteiger partial charge in [0.25, 0.3) is 0 Å². The first-order valence-electron chi connectivity index (χ1n) is 6.05. The Kier molecular flexibility index (Phi) is 6.48. The molecule has 0 bridgehead atoms. The molecule has 0 saturated carbocycles. The number of rotatable bonds is 6. The second-order valence-corrected chi connectivity index (χ2v) is 3.85. The molecule has 1 aromatic carbocycles. The van der Waals surface area contributed by atoms with E-state index in [-0.39, 0.29) is 0 Å². The Morgan fingerprint density at radius 1 is 1.24 bits per heavy atom. The maximum atomic E-state index is 5.31. The molecule has 2 heteroatoms. The summed E-state index contributed by atoms with van der Waals surface area (Å²) in [6.07, 6.45) is 10.2. The summed E-state index contributed by atoms with van der Waals surface area (Å²) in [5.74, 6) is 2.57. The highest BCUT2D eigenvalue weighted by Gasteiger charge is 1.89. The van der Waals surface area contributed by atoms with Crippen molar-refractivity contribution in [3.8, 4) is 12.3 Å². The molecular formula is C15H18N2. The first-order chi connectivity index (χ1) is 8.36. The van der Waals surface area contributed by atoms with Crippen LogP contribution in [0.3, 0.4) is 0 Å². The average molecular weight is 227 g/mol. The summed E-state index contributed by atoms with van der Waals surface area (Å²) >= 11 is 0. The zero-order valence-electron chi connectivity index (χ0n) is 10.3. The molecule has 2 nitrogen and oxygen atoms in total. The second kappa shape index (κ2) is 8.33. The van der Waals surface area contributed by atoms with E-state index in [1.54, 1.807) is 0 Å². The molecule has 0 aromatic heterocycles. The van der Waals surface area contributed by atoms with E-state index in [1.165, 1.54) is 19.3 Å². The van der Waals surface area contributed by atoms with Crippen molar-refractivity contribution in [1.29, 1.82) is 0 Å². The number of hydrogen-bond acceptors (Lipinski definition) is 2. The molecule has 0 amide bonds. The lowest BCUT2D eigenvalue weighted by Gasteiger charge is -1.92. The van der Waals surface area contributed by atoms with Gasteiger partial charge in [0.2, 0.25) is 0 Å². The van der Waals surface area contributed by atoms with Crippen LogP contribution in [0, 0.1) is 12.3 Å². The number of unbranched alkanes of at least 4 members (excludes halogenated alkanes) is 3. The van der Waals surface area contributed by atoms with E-state index in [0.717, 1.165) is 24.2 Å². The molecule has 0 atom stereocenters. The molecule has 0 saturated heterocycles. The topological polar surface area (TPSA) is 24.7 Å². The van der Waals surface area contributed by atoms with Crippen molar-refractivity contribution in [1.82, 2.24) is 0 Å². The lowest BCUT2D eigenvalue weighted by molar-refractivity contribution is 0.676. The van der Waals surface area contributed by atoms with Gasteiger partial charge >= 0.3 is 0 Å². The first-order valence-corrected chi connectivity index (χ1v) is 6.05. The molecule has 0 aliphatic heterocycles. The summed E-state index contributed by atoms with van der Waals surface area (Å²) in [6.45, 7) is 3.00. The Morgan fingerprint density at radius 2 is 2.12 bits per heavy atom. The zero-order valence-corrected chi connectivity index (χ0v) is 10.3. The lowest BCUT2D eigenvalue weighted by Crippen LogP contribution is -1.80. The van der Waals surface area contributed by atoms with Gasteiger partial charge in [-0.25, -0.2) is 4.99 Å². The Bertz CT molecular complexity index is 434. The van der Waals surface area contributed by atoms with Crippen molar-refractivity contribution in [2.45, 2.75) is 32.6 Å². The van der Waals surface area contributed by atoms with Gasteiger partial charge in [-0.3, -0.25) is 0 Å². The van der Waals surface area contributed by atoms with Gasteiger partial charge < -0.3 is 0 Å². The molecule has 17 heavy (non-hydrogen) atoms. The van der Waals surface area contributed by atoms with E-state index < -0.39 is 0 Å². The van der Waals surface area contributed by atoms with Gasteiger partial charge in [0.1, 0.15) is 0 Å². The molecule has 0 fully saturated rings. The Morgan fingerprint density at radius 3 is 2.88 bits per heavy atom. The van der Waals surface area contributed by atoms with E-state index >= 15 is 0 Å². The molecule has 0 unspecified atom stereocenters. The largest absolute Gasteiger partial charge is 0.225 e. The Hall–Kier alpha value is -1.84. The van der Waals surface area contributed by atoms with Gasteiger partial charge in [-0.2, -0.15) is 4.99 Å². The molecule has 88 valence electrons. The van der Waals surface area contributed by atoms with Gasteiger partial charge in [-0.1, -0.05) is 38.2 Å². The predicted molar refractivity (Wildman–Crippen MR) is 72.9 cm³/mol.